The van der Waals surface area contributed by atoms with Crippen LogP contribution in [0.4, 0.5) is 0 Å². The van der Waals surface area contributed by atoms with E-state index in [9.17, 15) is 23.7 Å². The zero-order valence-corrected chi connectivity index (χ0v) is 18.3. The lowest BCUT2D eigenvalue weighted by atomic mass is 9.79. The van der Waals surface area contributed by atoms with Gasteiger partial charge in [0.15, 0.2) is 11.5 Å². The van der Waals surface area contributed by atoms with Crippen LogP contribution in [0.5, 0.6) is 0 Å². The zero-order chi connectivity index (χ0) is 21.2. The summed E-state index contributed by atoms with van der Waals surface area (Å²) in [7, 11) is -4.13. The Morgan fingerprint density at radius 3 is 2.45 bits per heavy atom. The fourth-order valence-corrected chi connectivity index (χ4v) is 5.73. The molecule has 2 aromatic carbocycles. The average Bonchev–Trinajstić information content (AvgIpc) is 2.90. The van der Waals surface area contributed by atoms with Gasteiger partial charge in [-0.3, -0.25) is 4.79 Å². The highest BCUT2D eigenvalue weighted by molar-refractivity contribution is 14.1. The number of benzene rings is 2. The van der Waals surface area contributed by atoms with Crippen molar-refractivity contribution in [2.75, 3.05) is 6.61 Å². The van der Waals surface area contributed by atoms with Gasteiger partial charge in [-0.1, -0.05) is 30.3 Å². The summed E-state index contributed by atoms with van der Waals surface area (Å²) in [5, 5.41) is 20.0. The largest absolute Gasteiger partial charge is 0.465 e. The molecule has 1 heterocycles. The molecule has 29 heavy (non-hydrogen) atoms. The molecule has 7 nitrogen and oxygen atoms in total. The van der Waals surface area contributed by atoms with Crippen LogP contribution in [0.3, 0.4) is 0 Å². The Morgan fingerprint density at radius 2 is 1.86 bits per heavy atom. The van der Waals surface area contributed by atoms with Gasteiger partial charge < -0.3 is 4.74 Å². The van der Waals surface area contributed by atoms with Crippen molar-refractivity contribution in [3.8, 4) is 12.1 Å². The van der Waals surface area contributed by atoms with E-state index in [1.807, 2.05) is 24.3 Å². The summed E-state index contributed by atoms with van der Waals surface area (Å²) in [4.78, 5) is 12.5. The van der Waals surface area contributed by atoms with Crippen LogP contribution in [0.15, 0.2) is 53.4 Å². The number of rotatable bonds is 5. The van der Waals surface area contributed by atoms with Crippen LogP contribution in [-0.2, 0) is 31.6 Å². The minimum Gasteiger partial charge on any atom is -0.465 e. The zero-order valence-electron chi connectivity index (χ0n) is 15.4. The van der Waals surface area contributed by atoms with Crippen LogP contribution < -0.4 is 0 Å². The van der Waals surface area contributed by atoms with Gasteiger partial charge in [-0.15, -0.1) is 0 Å². The molecule has 0 aliphatic carbocycles. The van der Waals surface area contributed by atoms with E-state index in [0.717, 1.165) is 7.88 Å². The normalized spacial score (nSPS) is 20.8. The molecule has 0 bridgehead atoms. The number of halogens is 1. The van der Waals surface area contributed by atoms with Gasteiger partial charge in [-0.05, 0) is 53.3 Å². The maximum atomic E-state index is 13.3. The molecule has 1 aliphatic rings. The number of esters is 1. The van der Waals surface area contributed by atoms with Gasteiger partial charge in [0, 0.05) is 15.7 Å². The number of hydrogen-bond donors (Lipinski definition) is 0. The number of sulfonamides is 1. The number of carbonyl (C=O) groups is 1. The van der Waals surface area contributed by atoms with E-state index in [4.69, 9.17) is 4.74 Å². The predicted octanol–water partition coefficient (Wildman–Crippen LogP) is 2.92. The Labute approximate surface area is 182 Å². The molecule has 0 spiro atoms. The quantitative estimate of drug-likeness (QED) is 0.442. The van der Waals surface area contributed by atoms with E-state index in [1.54, 1.807) is 31.2 Å². The van der Waals surface area contributed by atoms with Crippen molar-refractivity contribution in [3.63, 3.8) is 0 Å². The molecular formula is C20H16IN3O4S. The lowest BCUT2D eigenvalue weighted by Crippen LogP contribution is -2.50. The third kappa shape index (κ3) is 3.39. The van der Waals surface area contributed by atoms with Gasteiger partial charge in [0.2, 0.25) is 10.0 Å². The van der Waals surface area contributed by atoms with Crippen molar-refractivity contribution in [2.45, 2.75) is 23.9 Å². The average molecular weight is 521 g/mol. The number of fused-ring (bicyclic) bond motifs is 1. The van der Waals surface area contributed by atoms with Crippen LogP contribution in [0.2, 0.25) is 0 Å². The Kier molecular flexibility index (Phi) is 5.94. The second-order valence-electron chi connectivity index (χ2n) is 6.33. The summed E-state index contributed by atoms with van der Waals surface area (Å²) in [6.07, 6.45) is 0. The first-order valence-corrected chi connectivity index (χ1v) is 11.2. The van der Waals surface area contributed by atoms with Gasteiger partial charge in [-0.25, -0.2) is 8.42 Å². The lowest BCUT2D eigenvalue weighted by Gasteiger charge is -2.33. The molecule has 0 amide bonds. The first-order valence-electron chi connectivity index (χ1n) is 8.67. The van der Waals surface area contributed by atoms with Crippen molar-refractivity contribution >= 4 is 38.6 Å². The van der Waals surface area contributed by atoms with Crippen molar-refractivity contribution in [1.82, 2.24) is 4.31 Å². The molecular weight excluding hydrogens is 505 g/mol. The van der Waals surface area contributed by atoms with Gasteiger partial charge in [0.1, 0.15) is 0 Å². The summed E-state index contributed by atoms with van der Waals surface area (Å²) >= 11 is 2.13. The first kappa shape index (κ1) is 21.2. The molecule has 0 saturated carbocycles. The van der Waals surface area contributed by atoms with E-state index < -0.39 is 27.4 Å². The van der Waals surface area contributed by atoms with Crippen LogP contribution in [0, 0.1) is 32.2 Å². The Morgan fingerprint density at radius 1 is 1.21 bits per heavy atom. The molecule has 0 N–H and O–H groups in total. The summed E-state index contributed by atoms with van der Waals surface area (Å²) in [6.45, 7) is 1.41. The van der Waals surface area contributed by atoms with Crippen LogP contribution in [-0.4, -0.2) is 25.3 Å². The van der Waals surface area contributed by atoms with Crippen LogP contribution in [0.25, 0.3) is 0 Å². The smallest absolute Gasteiger partial charge is 0.326 e. The second kappa shape index (κ2) is 8.11. The number of nitrogens with zero attached hydrogens (tertiary/aromatic N) is 3. The molecule has 2 aromatic rings. The van der Waals surface area contributed by atoms with E-state index >= 15 is 0 Å². The molecule has 1 aliphatic heterocycles. The fourth-order valence-electron chi connectivity index (χ4n) is 3.44. The van der Waals surface area contributed by atoms with Gasteiger partial charge in [-0.2, -0.15) is 14.8 Å². The fraction of sp³-hybridized carbons (Fsp3) is 0.250. The summed E-state index contributed by atoms with van der Waals surface area (Å²) < 4.78 is 33.6. The molecule has 148 valence electrons. The van der Waals surface area contributed by atoms with Gasteiger partial charge in [0.05, 0.1) is 23.6 Å². The Balaban J connectivity index is 2.26. The highest BCUT2D eigenvalue weighted by atomic mass is 127. The van der Waals surface area contributed by atoms with Crippen LogP contribution in [0.1, 0.15) is 18.1 Å². The maximum absolute atomic E-state index is 13.3. The highest BCUT2D eigenvalue weighted by Gasteiger charge is 2.61. The standard InChI is InChI=1S/C20H16IN3O4S/c1-2-28-19(25)17(11-22)20(13-23)16-5-3-4-6-18(16)29(26,27)24(20)12-14-7-9-15(21)10-8-14/h3-10,17H,2,12H2,1H3. The molecule has 0 radical (unpaired) electrons. The lowest BCUT2D eigenvalue weighted by molar-refractivity contribution is -0.149. The molecule has 2 unspecified atom stereocenters. The van der Waals surface area contributed by atoms with Crippen molar-refractivity contribution in [1.29, 1.82) is 10.5 Å². The Hall–Kier alpha value is -2.47. The predicted molar refractivity (Wildman–Crippen MR) is 111 cm³/mol. The van der Waals surface area contributed by atoms with E-state index in [1.165, 1.54) is 12.1 Å². The number of ether oxygens (including phenoxy) is 1. The Bertz CT molecular complexity index is 1140. The monoisotopic (exact) mass is 521 g/mol. The molecule has 9 heteroatoms. The van der Waals surface area contributed by atoms with E-state index in [0.29, 0.717) is 5.56 Å². The number of hydrogen-bond acceptors (Lipinski definition) is 6. The number of nitriles is 2. The molecule has 3 rings (SSSR count). The summed E-state index contributed by atoms with van der Waals surface area (Å²) in [5.41, 5.74) is -1.30. The topological polar surface area (TPSA) is 111 Å². The third-order valence-electron chi connectivity index (χ3n) is 4.74. The van der Waals surface area contributed by atoms with Gasteiger partial charge >= 0.3 is 5.97 Å². The summed E-state index contributed by atoms with van der Waals surface area (Å²) in [6, 6.07) is 16.9. The summed E-state index contributed by atoms with van der Waals surface area (Å²) in [5.74, 6) is -2.58. The van der Waals surface area contributed by atoms with Crippen molar-refractivity contribution < 1.29 is 17.9 Å². The molecule has 0 aromatic heterocycles. The molecule has 0 saturated heterocycles. The minimum absolute atomic E-state index is 0.00401. The molecule has 2 atom stereocenters. The van der Waals surface area contributed by atoms with Crippen molar-refractivity contribution in [3.05, 3.63) is 63.2 Å². The van der Waals surface area contributed by atoms with E-state index in [2.05, 4.69) is 22.6 Å². The maximum Gasteiger partial charge on any atom is 0.326 e. The third-order valence-corrected chi connectivity index (χ3v) is 7.37. The van der Waals surface area contributed by atoms with Crippen LogP contribution >= 0.6 is 22.6 Å². The first-order chi connectivity index (χ1) is 13.8. The van der Waals surface area contributed by atoms with Crippen molar-refractivity contribution in [2.24, 2.45) is 5.92 Å². The highest BCUT2D eigenvalue weighted by Crippen LogP contribution is 2.49. The van der Waals surface area contributed by atoms with E-state index in [-0.39, 0.29) is 23.6 Å². The second-order valence-corrected chi connectivity index (χ2v) is 9.40. The van der Waals surface area contributed by atoms with Gasteiger partial charge in [0.25, 0.3) is 0 Å². The number of carbonyl (C=O) groups excluding carboxylic acids is 1. The molecule has 0 fully saturated rings. The SMILES string of the molecule is CCOC(=O)C(C#N)C1(C#N)c2ccccc2S(=O)(=O)N1Cc1ccc(I)cc1. The minimum atomic E-state index is -4.13.